The third-order valence-electron chi connectivity index (χ3n) is 12.8. The lowest BCUT2D eigenvalue weighted by atomic mass is 9.65. The lowest BCUT2D eigenvalue weighted by Gasteiger charge is -2.54. The van der Waals surface area contributed by atoms with Gasteiger partial charge in [0.15, 0.2) is 11.6 Å². The van der Waals surface area contributed by atoms with Crippen molar-refractivity contribution in [2.24, 2.45) is 11.8 Å². The molecule has 2 bridgehead atoms. The zero-order valence-corrected chi connectivity index (χ0v) is 41.9. The van der Waals surface area contributed by atoms with Crippen molar-refractivity contribution in [2.75, 3.05) is 79.7 Å². The summed E-state index contributed by atoms with van der Waals surface area (Å²) in [6, 6.07) is 14.0. The lowest BCUT2D eigenvalue weighted by molar-refractivity contribution is -0.493. The van der Waals surface area contributed by atoms with E-state index >= 15 is 4.79 Å². The number of carbonyl (C=O) groups is 4. The number of hydrogen-bond acceptors (Lipinski definition) is 19. The van der Waals surface area contributed by atoms with Gasteiger partial charge in [0.25, 0.3) is 0 Å². The molecule has 3 aromatic carbocycles. The highest BCUT2D eigenvalue weighted by Gasteiger charge is 2.55. The van der Waals surface area contributed by atoms with Crippen LogP contribution in [0.25, 0.3) is 0 Å². The molecular formula is C49H64ClF2N5O17. The van der Waals surface area contributed by atoms with E-state index in [4.69, 9.17) is 65.6 Å². The zero-order valence-electron chi connectivity index (χ0n) is 41.1. The summed E-state index contributed by atoms with van der Waals surface area (Å²) in [6.45, 7) is 1.17. The second-order valence-corrected chi connectivity index (χ2v) is 18.2. The fourth-order valence-electron chi connectivity index (χ4n) is 9.35. The molecule has 5 N–H and O–H groups in total. The SMILES string of the molecule is COc1ccc(CN(C(=O)C2C(c3ccc(CCCOc4c(F)ccc(F)c4Cl)cc3)CC3CC(C(=O)NCCOC(=O)OCCOCCON(O)O)CC2N3C(=O)OCCOCCON(O)O)C2CC2)cc1C. The molecule has 74 heavy (non-hydrogen) atoms. The van der Waals surface area contributed by atoms with Crippen LogP contribution in [0.3, 0.4) is 0 Å². The summed E-state index contributed by atoms with van der Waals surface area (Å²) in [4.78, 5) is 68.4. The Morgan fingerprint density at radius 2 is 1.39 bits per heavy atom. The Bertz CT molecular complexity index is 2300. The van der Waals surface area contributed by atoms with E-state index in [0.717, 1.165) is 47.2 Å². The van der Waals surface area contributed by atoms with Crippen LogP contribution in [0.5, 0.6) is 11.5 Å². The number of fused-ring (bicyclic) bond motifs is 2. The molecular weight excluding hydrogens is 1000 g/mol. The number of amides is 3. The van der Waals surface area contributed by atoms with Crippen molar-refractivity contribution in [1.82, 2.24) is 25.9 Å². The van der Waals surface area contributed by atoms with E-state index in [1.54, 1.807) is 12.0 Å². The summed E-state index contributed by atoms with van der Waals surface area (Å²) in [7, 11) is 1.59. The number of aryl methyl sites for hydroxylation is 2. The molecule has 3 aliphatic rings. The fraction of sp³-hybridized carbons (Fsp3) is 0.551. The van der Waals surface area contributed by atoms with Crippen molar-refractivity contribution in [1.29, 1.82) is 0 Å². The highest BCUT2D eigenvalue weighted by molar-refractivity contribution is 6.32. The van der Waals surface area contributed by atoms with E-state index < -0.39 is 69.5 Å². The van der Waals surface area contributed by atoms with Crippen LogP contribution in [0, 0.1) is 30.4 Å². The minimum atomic E-state index is -1.000. The Morgan fingerprint density at radius 3 is 2.04 bits per heavy atom. The summed E-state index contributed by atoms with van der Waals surface area (Å²) in [5.41, 5.74) is 3.56. The van der Waals surface area contributed by atoms with Crippen LogP contribution in [0.4, 0.5) is 18.4 Å². The molecule has 5 atom stereocenters. The predicted octanol–water partition coefficient (Wildman–Crippen LogP) is 6.15. The molecule has 2 saturated heterocycles. The zero-order chi connectivity index (χ0) is 53.1. The Labute approximate surface area is 431 Å². The minimum Gasteiger partial charge on any atom is -0.496 e. The van der Waals surface area contributed by atoms with Gasteiger partial charge in [-0.3, -0.25) is 30.4 Å². The highest BCUT2D eigenvalue weighted by Crippen LogP contribution is 2.49. The van der Waals surface area contributed by atoms with Crippen molar-refractivity contribution in [2.45, 2.75) is 82.5 Å². The lowest BCUT2D eigenvalue weighted by Crippen LogP contribution is -2.64. The number of methoxy groups -OCH3 is 1. The monoisotopic (exact) mass is 1070 g/mol. The highest BCUT2D eigenvalue weighted by atomic mass is 35.5. The fourth-order valence-corrected chi connectivity index (χ4v) is 9.56. The number of rotatable bonds is 29. The standard InChI is InChI=1S/C49H64ClF2N5O17/c1-31-26-33(7-14-42(31)66-2)30-54(36-10-11-36)47(59)43-38(34-8-5-32(6-9-34)4-3-16-69-45-40(52)13-12-39(51)44(45)50)29-37-27-35(28-41(43)55(37)48(60)70-22-18-67-20-24-73-56(62)63)46(58)53-15-17-71-49(61)72-23-19-68-21-25-74-57(64)65/h5-9,12-14,26,35-38,41,43,62-65H,3-4,10-11,15-25,27-30H2,1-2H3,(H,53,58). The molecule has 2 heterocycles. The van der Waals surface area contributed by atoms with E-state index in [1.165, 1.54) is 0 Å². The van der Waals surface area contributed by atoms with Crippen LogP contribution in [0.1, 0.15) is 66.7 Å². The van der Waals surface area contributed by atoms with Crippen LogP contribution in [-0.2, 0) is 55.9 Å². The van der Waals surface area contributed by atoms with Gasteiger partial charge in [-0.2, -0.15) is 0 Å². The van der Waals surface area contributed by atoms with Gasteiger partial charge in [-0.25, -0.2) is 28.0 Å². The maximum atomic E-state index is 15.6. The largest absolute Gasteiger partial charge is 0.508 e. The molecule has 6 rings (SSSR count). The van der Waals surface area contributed by atoms with Crippen LogP contribution < -0.4 is 14.8 Å². The first kappa shape index (κ1) is 57.8. The molecule has 0 aromatic heterocycles. The molecule has 3 fully saturated rings. The Hall–Kier alpha value is -5.51. The van der Waals surface area contributed by atoms with Gasteiger partial charge in [-0.05, 0) is 98.2 Å². The minimum absolute atomic E-state index is 0.0142. The molecule has 22 nitrogen and oxygen atoms in total. The average Bonchev–Trinajstić information content (AvgIpc) is 4.22. The summed E-state index contributed by atoms with van der Waals surface area (Å²) in [6.07, 6.45) is 1.45. The predicted molar refractivity (Wildman–Crippen MR) is 252 cm³/mol. The first-order valence-corrected chi connectivity index (χ1v) is 24.6. The van der Waals surface area contributed by atoms with Crippen LogP contribution in [-0.4, -0.2) is 163 Å². The number of piperidine rings is 2. The van der Waals surface area contributed by atoms with Crippen molar-refractivity contribution in [3.8, 4) is 11.5 Å². The number of benzene rings is 3. The van der Waals surface area contributed by atoms with Gasteiger partial charge in [0.05, 0.1) is 76.6 Å². The molecule has 0 radical (unpaired) electrons. The molecule has 3 aromatic rings. The molecule has 2 aliphatic heterocycles. The number of hydrogen-bond donors (Lipinski definition) is 5. The van der Waals surface area contributed by atoms with E-state index in [2.05, 4.69) is 15.0 Å². The average molecular weight is 1070 g/mol. The molecule has 5 unspecified atom stereocenters. The maximum absolute atomic E-state index is 15.6. The van der Waals surface area contributed by atoms with Crippen molar-refractivity contribution in [3.05, 3.63) is 93.5 Å². The maximum Gasteiger partial charge on any atom is 0.508 e. The number of ether oxygens (including phenoxy) is 7. The van der Waals surface area contributed by atoms with E-state index in [0.29, 0.717) is 25.0 Å². The summed E-state index contributed by atoms with van der Waals surface area (Å²) in [5.74, 6) is -3.68. The molecule has 1 saturated carbocycles. The Kier molecular flexibility index (Phi) is 22.6. The van der Waals surface area contributed by atoms with E-state index in [1.807, 2.05) is 54.3 Å². The topological polar surface area (TPSA) is 257 Å². The molecule has 408 valence electrons. The van der Waals surface area contributed by atoms with Gasteiger partial charge >= 0.3 is 12.2 Å². The summed E-state index contributed by atoms with van der Waals surface area (Å²) >= 11 is 5.94. The quantitative estimate of drug-likeness (QED) is 0.0226. The molecule has 25 heteroatoms. The van der Waals surface area contributed by atoms with Gasteiger partial charge in [-0.15, -0.1) is 0 Å². The van der Waals surface area contributed by atoms with Gasteiger partial charge in [0, 0.05) is 30.6 Å². The number of carbonyl (C=O) groups excluding carboxylic acids is 4. The van der Waals surface area contributed by atoms with Gasteiger partial charge in [-0.1, -0.05) is 48.0 Å². The van der Waals surface area contributed by atoms with Gasteiger partial charge < -0.3 is 48.3 Å². The van der Waals surface area contributed by atoms with Crippen molar-refractivity contribution < 1.29 is 91.6 Å². The summed E-state index contributed by atoms with van der Waals surface area (Å²) < 4.78 is 65.7. The molecule has 3 amide bonds. The number of halogens is 3. The van der Waals surface area contributed by atoms with Crippen molar-refractivity contribution >= 4 is 35.7 Å². The third kappa shape index (κ3) is 17.0. The third-order valence-corrected chi connectivity index (χ3v) is 13.2. The normalized spacial score (nSPS) is 19.3. The first-order valence-electron chi connectivity index (χ1n) is 24.2. The molecule has 0 spiro atoms. The van der Waals surface area contributed by atoms with Gasteiger partial charge in [0.1, 0.15) is 36.4 Å². The van der Waals surface area contributed by atoms with Crippen LogP contribution in [0.2, 0.25) is 5.02 Å². The summed E-state index contributed by atoms with van der Waals surface area (Å²) in [5, 5.41) is 36.2. The second-order valence-electron chi connectivity index (χ2n) is 17.8. The van der Waals surface area contributed by atoms with Crippen molar-refractivity contribution in [3.63, 3.8) is 0 Å². The molecule has 1 aliphatic carbocycles. The van der Waals surface area contributed by atoms with Gasteiger partial charge in [0.2, 0.25) is 11.8 Å². The van der Waals surface area contributed by atoms with E-state index in [-0.39, 0.29) is 116 Å². The Balaban J connectivity index is 1.20. The number of nitrogens with zero attached hydrogens (tertiary/aromatic N) is 4. The first-order chi connectivity index (χ1) is 35.6. The van der Waals surface area contributed by atoms with E-state index in [9.17, 15) is 23.2 Å². The Morgan fingerprint density at radius 1 is 0.757 bits per heavy atom. The second kappa shape index (κ2) is 29.0. The van der Waals surface area contributed by atoms with Crippen LogP contribution >= 0.6 is 11.6 Å². The smallest absolute Gasteiger partial charge is 0.496 e. The van der Waals surface area contributed by atoms with Crippen LogP contribution in [0.15, 0.2) is 54.6 Å². The number of nitrogens with one attached hydrogen (secondary N) is 1.